The highest BCUT2D eigenvalue weighted by molar-refractivity contribution is 9.10. The fourth-order valence-corrected chi connectivity index (χ4v) is 3.13. The molecule has 0 bridgehead atoms. The average Bonchev–Trinajstić information content (AvgIpc) is 2.26. The molecule has 0 spiro atoms. The molecule has 0 fully saturated rings. The highest BCUT2D eigenvalue weighted by Crippen LogP contribution is 2.24. The molecule has 0 saturated carbocycles. The van der Waals surface area contributed by atoms with Crippen LogP contribution in [-0.4, -0.2) is 33.1 Å². The number of sulfone groups is 1. The van der Waals surface area contributed by atoms with E-state index in [9.17, 15) is 17.2 Å². The molecule has 0 aliphatic rings. The molecule has 1 aromatic carbocycles. The van der Waals surface area contributed by atoms with Crippen LogP contribution in [0, 0.1) is 0 Å². The van der Waals surface area contributed by atoms with Crippen LogP contribution in [0.25, 0.3) is 0 Å². The summed E-state index contributed by atoms with van der Waals surface area (Å²) in [6, 6.07) is 4.40. The molecule has 0 radical (unpaired) electrons. The Morgan fingerprint density at radius 3 is 2.60 bits per heavy atom. The average molecular weight is 372 g/mol. The second-order valence-corrected chi connectivity index (χ2v) is 7.61. The maximum absolute atomic E-state index is 12.3. The molecule has 0 amide bonds. The lowest BCUT2D eigenvalue weighted by Crippen LogP contribution is -2.32. The van der Waals surface area contributed by atoms with Crippen molar-refractivity contribution in [3.63, 3.8) is 0 Å². The first-order chi connectivity index (χ1) is 9.17. The first-order valence-electron chi connectivity index (χ1n) is 5.81. The summed E-state index contributed by atoms with van der Waals surface area (Å²) in [5.41, 5.74) is 0.528. The van der Waals surface area contributed by atoms with Gasteiger partial charge in [-0.3, -0.25) is 0 Å². The van der Waals surface area contributed by atoms with Crippen molar-refractivity contribution in [2.45, 2.75) is 26.1 Å². The van der Waals surface area contributed by atoms with Crippen molar-refractivity contribution in [2.24, 2.45) is 0 Å². The molecule has 1 rings (SSSR count). The summed E-state index contributed by atoms with van der Waals surface area (Å²) in [7, 11) is -3.09. The normalized spacial score (nSPS) is 13.5. The summed E-state index contributed by atoms with van der Waals surface area (Å²) >= 11 is 3.25. The standard InChI is InChI=1S/C12H16BrF2NO3S/c1-8(7-20(2,17)18)16-6-9-5-10(13)3-4-11(9)19-12(14)15/h3-5,8,12,16H,6-7H2,1-2H3. The molecule has 1 atom stereocenters. The number of benzene rings is 1. The monoisotopic (exact) mass is 371 g/mol. The maximum Gasteiger partial charge on any atom is 0.387 e. The van der Waals surface area contributed by atoms with Crippen molar-refractivity contribution in [1.29, 1.82) is 0 Å². The van der Waals surface area contributed by atoms with E-state index in [1.165, 1.54) is 6.07 Å². The van der Waals surface area contributed by atoms with E-state index in [0.717, 1.165) is 10.7 Å². The van der Waals surface area contributed by atoms with Crippen LogP contribution >= 0.6 is 15.9 Å². The predicted molar refractivity (Wildman–Crippen MR) is 76.8 cm³/mol. The second-order valence-electron chi connectivity index (χ2n) is 4.50. The van der Waals surface area contributed by atoms with Crippen LogP contribution in [-0.2, 0) is 16.4 Å². The minimum Gasteiger partial charge on any atom is -0.434 e. The van der Waals surface area contributed by atoms with Gasteiger partial charge in [-0.05, 0) is 25.1 Å². The number of hydrogen-bond acceptors (Lipinski definition) is 4. The Labute approximate surface area is 125 Å². The van der Waals surface area contributed by atoms with Gasteiger partial charge in [0.2, 0.25) is 0 Å². The number of rotatable bonds is 7. The third-order valence-electron chi connectivity index (χ3n) is 2.43. The third kappa shape index (κ3) is 6.62. The topological polar surface area (TPSA) is 55.4 Å². The van der Waals surface area contributed by atoms with Gasteiger partial charge in [-0.15, -0.1) is 0 Å². The van der Waals surface area contributed by atoms with E-state index in [1.807, 2.05) is 0 Å². The zero-order chi connectivity index (χ0) is 15.3. The van der Waals surface area contributed by atoms with E-state index < -0.39 is 16.4 Å². The zero-order valence-corrected chi connectivity index (χ0v) is 13.5. The van der Waals surface area contributed by atoms with Gasteiger partial charge in [0.15, 0.2) is 0 Å². The molecule has 8 heteroatoms. The molecule has 0 aliphatic heterocycles. The molecule has 0 aromatic heterocycles. The summed E-state index contributed by atoms with van der Waals surface area (Å²) < 4.78 is 52.0. The molecule has 0 saturated heterocycles. The molecule has 114 valence electrons. The summed E-state index contributed by atoms with van der Waals surface area (Å²) in [6.07, 6.45) is 1.15. The van der Waals surface area contributed by atoms with Gasteiger partial charge in [0.1, 0.15) is 15.6 Å². The number of ether oxygens (including phenoxy) is 1. The van der Waals surface area contributed by atoms with Crippen molar-refractivity contribution in [3.8, 4) is 5.75 Å². The molecular weight excluding hydrogens is 356 g/mol. The van der Waals surface area contributed by atoms with Crippen molar-refractivity contribution >= 4 is 25.8 Å². The largest absolute Gasteiger partial charge is 0.434 e. The van der Waals surface area contributed by atoms with Gasteiger partial charge in [-0.2, -0.15) is 8.78 Å². The van der Waals surface area contributed by atoms with Crippen LogP contribution in [0.4, 0.5) is 8.78 Å². The van der Waals surface area contributed by atoms with Crippen molar-refractivity contribution in [3.05, 3.63) is 28.2 Å². The molecule has 0 aliphatic carbocycles. The lowest BCUT2D eigenvalue weighted by Gasteiger charge is -2.15. The Hall–Kier alpha value is -0.730. The van der Waals surface area contributed by atoms with Crippen molar-refractivity contribution < 1.29 is 21.9 Å². The maximum atomic E-state index is 12.3. The van der Waals surface area contributed by atoms with Gasteiger partial charge in [0, 0.05) is 28.9 Å². The van der Waals surface area contributed by atoms with E-state index in [4.69, 9.17) is 0 Å². The van der Waals surface area contributed by atoms with Gasteiger partial charge in [-0.1, -0.05) is 15.9 Å². The number of alkyl halides is 2. The van der Waals surface area contributed by atoms with Gasteiger partial charge < -0.3 is 10.1 Å². The van der Waals surface area contributed by atoms with Crippen LogP contribution in [0.1, 0.15) is 12.5 Å². The van der Waals surface area contributed by atoms with Crippen LogP contribution in [0.3, 0.4) is 0 Å². The van der Waals surface area contributed by atoms with Gasteiger partial charge in [-0.25, -0.2) is 8.42 Å². The number of hydrogen-bond donors (Lipinski definition) is 1. The molecule has 1 N–H and O–H groups in total. The second kappa shape index (κ2) is 7.33. The fraction of sp³-hybridized carbons (Fsp3) is 0.500. The van der Waals surface area contributed by atoms with Crippen LogP contribution in [0.5, 0.6) is 5.75 Å². The van der Waals surface area contributed by atoms with E-state index >= 15 is 0 Å². The molecule has 20 heavy (non-hydrogen) atoms. The zero-order valence-electron chi connectivity index (χ0n) is 11.1. The Kier molecular flexibility index (Phi) is 6.35. The summed E-state index contributed by atoms with van der Waals surface area (Å²) in [5.74, 6) is 0.0497. The Bertz CT molecular complexity index is 552. The molecule has 1 unspecified atom stereocenters. The van der Waals surface area contributed by atoms with Gasteiger partial charge in [0.05, 0.1) is 5.75 Å². The highest BCUT2D eigenvalue weighted by Gasteiger charge is 2.13. The first-order valence-corrected chi connectivity index (χ1v) is 8.67. The smallest absolute Gasteiger partial charge is 0.387 e. The minimum absolute atomic E-state index is 0.0218. The third-order valence-corrected chi connectivity index (χ3v) is 4.03. The summed E-state index contributed by atoms with van der Waals surface area (Å²) in [5, 5.41) is 2.97. The predicted octanol–water partition coefficient (Wildman–Crippen LogP) is 2.57. The van der Waals surface area contributed by atoms with E-state index in [-0.39, 0.29) is 24.1 Å². The quantitative estimate of drug-likeness (QED) is 0.800. The Morgan fingerprint density at radius 2 is 2.05 bits per heavy atom. The van der Waals surface area contributed by atoms with E-state index in [2.05, 4.69) is 26.0 Å². The number of nitrogens with one attached hydrogen (secondary N) is 1. The van der Waals surface area contributed by atoms with Crippen LogP contribution in [0.15, 0.2) is 22.7 Å². The van der Waals surface area contributed by atoms with E-state index in [1.54, 1.807) is 19.1 Å². The summed E-state index contributed by atoms with van der Waals surface area (Å²) in [4.78, 5) is 0. The Morgan fingerprint density at radius 1 is 1.40 bits per heavy atom. The van der Waals surface area contributed by atoms with Crippen molar-refractivity contribution in [2.75, 3.05) is 12.0 Å². The lowest BCUT2D eigenvalue weighted by atomic mass is 10.2. The van der Waals surface area contributed by atoms with Crippen LogP contribution in [0.2, 0.25) is 0 Å². The summed E-state index contributed by atoms with van der Waals surface area (Å²) in [6.45, 7) is -0.950. The Balaban J connectivity index is 2.73. The molecule has 1 aromatic rings. The molecular formula is C12H16BrF2NO3S. The number of halogens is 3. The van der Waals surface area contributed by atoms with E-state index in [0.29, 0.717) is 5.56 Å². The van der Waals surface area contributed by atoms with Crippen molar-refractivity contribution in [1.82, 2.24) is 5.32 Å². The SMILES string of the molecule is CC(CS(C)(=O)=O)NCc1cc(Br)ccc1OC(F)F. The van der Waals surface area contributed by atoms with Gasteiger partial charge in [0.25, 0.3) is 0 Å². The first kappa shape index (κ1) is 17.3. The molecule has 0 heterocycles. The minimum atomic E-state index is -3.09. The molecule has 4 nitrogen and oxygen atoms in total. The van der Waals surface area contributed by atoms with Gasteiger partial charge >= 0.3 is 6.61 Å². The van der Waals surface area contributed by atoms with Crippen LogP contribution < -0.4 is 10.1 Å². The lowest BCUT2D eigenvalue weighted by molar-refractivity contribution is -0.0505. The highest BCUT2D eigenvalue weighted by atomic mass is 79.9. The fourth-order valence-electron chi connectivity index (χ4n) is 1.69.